The number of carbonyl (C=O) groups is 1. The summed E-state index contributed by atoms with van der Waals surface area (Å²) in [5.41, 5.74) is -5.15. The molecule has 35 heavy (non-hydrogen) atoms. The number of carbonyl (C=O) groups excluding carboxylic acids is 1. The molecule has 1 aliphatic carbocycles. The van der Waals surface area contributed by atoms with Gasteiger partial charge < -0.3 is 9.42 Å². The Hall–Kier alpha value is -3.78. The lowest BCUT2D eigenvalue weighted by molar-refractivity contribution is -0.141. The topological polar surface area (TPSA) is 112 Å². The highest BCUT2D eigenvalue weighted by molar-refractivity contribution is 7.16. The average Bonchev–Trinajstić information content (AvgIpc) is 3.11. The third-order valence-electron chi connectivity index (χ3n) is 5.68. The van der Waals surface area contributed by atoms with E-state index in [1.807, 2.05) is 6.07 Å². The Morgan fingerprint density at radius 1 is 1.26 bits per heavy atom. The predicted molar refractivity (Wildman–Crippen MR) is 111 cm³/mol. The molecule has 4 rings (SSSR count). The van der Waals surface area contributed by atoms with E-state index in [0.29, 0.717) is 24.4 Å². The summed E-state index contributed by atoms with van der Waals surface area (Å²) in [6.07, 6.45) is -4.15. The van der Waals surface area contributed by atoms with Crippen LogP contribution in [0, 0.1) is 22.7 Å². The summed E-state index contributed by atoms with van der Waals surface area (Å²) < 4.78 is 74.7. The summed E-state index contributed by atoms with van der Waals surface area (Å²) in [5.74, 6) is -4.51. The molecule has 0 spiro atoms. The van der Waals surface area contributed by atoms with Gasteiger partial charge in [0.05, 0.1) is 16.5 Å². The largest absolute Gasteiger partial charge is 0.420 e. The second-order valence-electron chi connectivity index (χ2n) is 8.13. The summed E-state index contributed by atoms with van der Waals surface area (Å²) in [5, 5.41) is 25.8. The van der Waals surface area contributed by atoms with Crippen LogP contribution in [0.3, 0.4) is 0 Å². The van der Waals surface area contributed by atoms with Gasteiger partial charge in [0.2, 0.25) is 0 Å². The third kappa shape index (κ3) is 4.04. The van der Waals surface area contributed by atoms with Crippen molar-refractivity contribution in [1.29, 1.82) is 10.5 Å². The first-order valence-corrected chi connectivity index (χ1v) is 10.8. The molecule has 0 N–H and O–H groups in total. The highest BCUT2D eigenvalue weighted by Crippen LogP contribution is 2.45. The number of rotatable bonds is 5. The van der Waals surface area contributed by atoms with Crippen LogP contribution in [0.4, 0.5) is 22.0 Å². The Labute approximate surface area is 198 Å². The van der Waals surface area contributed by atoms with Gasteiger partial charge in [0, 0.05) is 27.1 Å². The van der Waals surface area contributed by atoms with Crippen molar-refractivity contribution in [3.8, 4) is 34.2 Å². The first kappa shape index (κ1) is 24.3. The van der Waals surface area contributed by atoms with Gasteiger partial charge in [-0.3, -0.25) is 9.48 Å². The van der Waals surface area contributed by atoms with Crippen molar-refractivity contribution in [2.45, 2.75) is 37.4 Å². The van der Waals surface area contributed by atoms with E-state index in [0.717, 1.165) is 24.5 Å². The van der Waals surface area contributed by atoms with Crippen molar-refractivity contribution >= 4 is 17.2 Å². The molecule has 0 saturated heterocycles. The predicted octanol–water partition coefficient (Wildman–Crippen LogP) is 4.93. The Bertz CT molecular complexity index is 1410. The van der Waals surface area contributed by atoms with Crippen LogP contribution in [-0.2, 0) is 19.1 Å². The lowest BCUT2D eigenvalue weighted by Crippen LogP contribution is -2.38. The summed E-state index contributed by atoms with van der Waals surface area (Å²) in [4.78, 5) is 14.4. The Kier molecular flexibility index (Phi) is 5.48. The molecule has 8 nitrogen and oxygen atoms in total. The van der Waals surface area contributed by atoms with Gasteiger partial charge in [0.25, 0.3) is 11.8 Å². The van der Waals surface area contributed by atoms with Gasteiger partial charge in [-0.1, -0.05) is 5.16 Å². The fourth-order valence-corrected chi connectivity index (χ4v) is 4.56. The molecule has 3 aromatic rings. The Balaban J connectivity index is 1.76. The van der Waals surface area contributed by atoms with E-state index in [9.17, 15) is 37.3 Å². The molecule has 182 valence electrons. The number of thiophene rings is 1. The Morgan fingerprint density at radius 3 is 2.43 bits per heavy atom. The monoisotopic (exact) mass is 510 g/mol. The van der Waals surface area contributed by atoms with E-state index in [-0.39, 0.29) is 21.1 Å². The molecule has 14 heteroatoms. The molecule has 1 aliphatic rings. The number of aryl methyl sites for hydroxylation is 1. The van der Waals surface area contributed by atoms with Crippen LogP contribution in [0.2, 0.25) is 0 Å². The van der Waals surface area contributed by atoms with Gasteiger partial charge >= 0.3 is 6.18 Å². The second-order valence-corrected chi connectivity index (χ2v) is 9.18. The number of alkyl halides is 5. The van der Waals surface area contributed by atoms with Crippen molar-refractivity contribution in [2.75, 3.05) is 7.05 Å². The number of nitrogens with zero attached hydrogens (tertiary/aromatic N) is 6. The minimum Gasteiger partial charge on any atom is -0.355 e. The van der Waals surface area contributed by atoms with Crippen LogP contribution in [0.5, 0.6) is 0 Å². The van der Waals surface area contributed by atoms with Crippen LogP contribution in [-0.4, -0.2) is 38.3 Å². The molecular formula is C21H15F5N6O2S. The molecule has 1 amide bonds. The molecule has 0 aromatic carbocycles. The molecule has 0 atom stereocenters. The van der Waals surface area contributed by atoms with Crippen LogP contribution >= 0.6 is 11.3 Å². The molecule has 3 heterocycles. The highest BCUT2D eigenvalue weighted by Gasteiger charge is 2.50. The summed E-state index contributed by atoms with van der Waals surface area (Å²) in [6.45, 7) is 0.311. The van der Waals surface area contributed by atoms with Crippen LogP contribution < -0.4 is 0 Å². The van der Waals surface area contributed by atoms with Crippen molar-refractivity contribution in [1.82, 2.24) is 19.8 Å². The fourth-order valence-electron chi connectivity index (χ4n) is 3.67. The van der Waals surface area contributed by atoms with Crippen molar-refractivity contribution < 1.29 is 31.3 Å². The molecule has 0 unspecified atom stereocenters. The van der Waals surface area contributed by atoms with Crippen LogP contribution in [0.15, 0.2) is 16.7 Å². The number of hydrogen-bond donors (Lipinski definition) is 0. The molecule has 1 saturated carbocycles. The molecule has 0 bridgehead atoms. The van der Waals surface area contributed by atoms with Gasteiger partial charge in [0.15, 0.2) is 5.76 Å². The van der Waals surface area contributed by atoms with E-state index < -0.39 is 46.2 Å². The minimum atomic E-state index is -5.15. The maximum Gasteiger partial charge on any atom is 0.420 e. The van der Waals surface area contributed by atoms with Gasteiger partial charge in [-0.25, -0.2) is 0 Å². The van der Waals surface area contributed by atoms with Gasteiger partial charge in [0.1, 0.15) is 39.1 Å². The SMILES string of the molecule is CN(C(=O)c1cc(-c2cc(-c3c(C(F)(F)F)c(C(C)(F)F)nn3C)no2)sc1C#N)C1(C#N)CC1. The standard InChI is InChI=1S/C21H15F5N6O2S/c1-19(22,23)17-15(21(24,25)26)16(32(3)29-17)11-7-12(34-30-11)13-6-10(14(8-27)35-13)18(33)31(2)20(9-28)4-5-20/h6-7H,4-5H2,1-3H3. The summed E-state index contributed by atoms with van der Waals surface area (Å²) >= 11 is 0.839. The first-order chi connectivity index (χ1) is 16.2. The van der Waals surface area contributed by atoms with E-state index in [4.69, 9.17) is 4.52 Å². The molecule has 0 radical (unpaired) electrons. The second kappa shape index (κ2) is 7.88. The molecule has 3 aromatic heterocycles. The summed E-state index contributed by atoms with van der Waals surface area (Å²) in [7, 11) is 2.52. The minimum absolute atomic E-state index is 0.00102. The molecular weight excluding hydrogens is 495 g/mol. The maximum atomic E-state index is 13.9. The van der Waals surface area contributed by atoms with Crippen molar-refractivity contribution in [2.24, 2.45) is 7.05 Å². The van der Waals surface area contributed by atoms with Gasteiger partial charge in [-0.2, -0.15) is 37.6 Å². The van der Waals surface area contributed by atoms with Crippen molar-refractivity contribution in [3.05, 3.63) is 33.8 Å². The molecule has 1 fully saturated rings. The summed E-state index contributed by atoms with van der Waals surface area (Å²) in [6, 6.07) is 6.38. The smallest absolute Gasteiger partial charge is 0.355 e. The lowest BCUT2D eigenvalue weighted by Gasteiger charge is -2.21. The number of amides is 1. The number of aromatic nitrogens is 3. The fraction of sp³-hybridized carbons (Fsp3) is 0.381. The Morgan fingerprint density at radius 2 is 1.91 bits per heavy atom. The zero-order chi connectivity index (χ0) is 25.9. The number of hydrogen-bond acceptors (Lipinski definition) is 7. The van der Waals surface area contributed by atoms with E-state index in [1.165, 1.54) is 18.0 Å². The first-order valence-electron chi connectivity index (χ1n) is 9.97. The van der Waals surface area contributed by atoms with Crippen LogP contribution in [0.1, 0.15) is 46.3 Å². The lowest BCUT2D eigenvalue weighted by atomic mass is 10.1. The number of halogens is 5. The molecule has 0 aliphatic heterocycles. The third-order valence-corrected chi connectivity index (χ3v) is 6.74. The van der Waals surface area contributed by atoms with Gasteiger partial charge in [-0.05, 0) is 18.9 Å². The van der Waals surface area contributed by atoms with E-state index in [1.54, 1.807) is 0 Å². The maximum absolute atomic E-state index is 13.9. The average molecular weight is 510 g/mol. The number of nitriles is 2. The normalized spacial score (nSPS) is 14.9. The van der Waals surface area contributed by atoms with Crippen molar-refractivity contribution in [3.63, 3.8) is 0 Å². The highest BCUT2D eigenvalue weighted by atomic mass is 32.1. The van der Waals surface area contributed by atoms with Gasteiger partial charge in [-0.15, -0.1) is 11.3 Å². The van der Waals surface area contributed by atoms with E-state index in [2.05, 4.69) is 16.3 Å². The zero-order valence-corrected chi connectivity index (χ0v) is 19.2. The zero-order valence-electron chi connectivity index (χ0n) is 18.4. The van der Waals surface area contributed by atoms with Crippen LogP contribution in [0.25, 0.3) is 22.0 Å². The quantitative estimate of drug-likeness (QED) is 0.450. The van der Waals surface area contributed by atoms with E-state index >= 15 is 0 Å².